The van der Waals surface area contributed by atoms with Gasteiger partial charge in [0.15, 0.2) is 5.78 Å². The van der Waals surface area contributed by atoms with E-state index in [4.69, 9.17) is 5.73 Å². The van der Waals surface area contributed by atoms with Gasteiger partial charge in [-0.2, -0.15) is 0 Å². The van der Waals surface area contributed by atoms with E-state index in [0.29, 0.717) is 36.2 Å². The lowest BCUT2D eigenvalue weighted by molar-refractivity contribution is -0.142. The summed E-state index contributed by atoms with van der Waals surface area (Å²) in [7, 11) is 0. The molecule has 8 heteroatoms. The molecule has 1 heterocycles. The normalized spacial score (nSPS) is 18.7. The highest BCUT2D eigenvalue weighted by atomic mass is 16.4. The molecular formula is C26H30N2O6. The van der Waals surface area contributed by atoms with Gasteiger partial charge in [0.1, 0.15) is 5.78 Å². The summed E-state index contributed by atoms with van der Waals surface area (Å²) in [5, 5.41) is 9.34. The van der Waals surface area contributed by atoms with Crippen LogP contribution in [0.4, 0.5) is 0 Å². The maximum Gasteiger partial charge on any atom is 0.306 e. The Hall–Kier alpha value is -3.55. The Kier molecular flexibility index (Phi) is 8.15. The monoisotopic (exact) mass is 466 g/mol. The van der Waals surface area contributed by atoms with Crippen molar-refractivity contribution in [3.05, 3.63) is 58.4 Å². The molecule has 8 nitrogen and oxygen atoms in total. The molecule has 0 fully saturated rings. The summed E-state index contributed by atoms with van der Waals surface area (Å²) in [6.45, 7) is 1.40. The molecule has 0 spiro atoms. The standard InChI is InChI=1S/C26H30N2O6/c1-16(30)2-6-20(26(33)34)13-23(31)18-7-3-17(4-8-18)5-10-22-11-9-19-12-21(27)14-24(32)25(19)28(22)15-29/h3-4,7-8,14-15,20,22H,2,5-6,9-13,27H2,1H3,(H,33,34)/t20-,22?/m1/s1. The van der Waals surface area contributed by atoms with E-state index < -0.39 is 11.9 Å². The van der Waals surface area contributed by atoms with E-state index in [9.17, 15) is 29.1 Å². The number of hydrogen-bond acceptors (Lipinski definition) is 6. The zero-order valence-electron chi connectivity index (χ0n) is 19.3. The molecular weight excluding hydrogens is 436 g/mol. The number of hydrogen-bond donors (Lipinski definition) is 2. The summed E-state index contributed by atoms with van der Waals surface area (Å²) in [6.07, 6.45) is 5.57. The third-order valence-electron chi connectivity index (χ3n) is 6.51. The summed E-state index contributed by atoms with van der Waals surface area (Å²) in [4.78, 5) is 60.9. The zero-order valence-corrected chi connectivity index (χ0v) is 19.3. The predicted molar refractivity (Wildman–Crippen MR) is 125 cm³/mol. The number of carboxylic acid groups (broad SMARTS) is 1. The van der Waals surface area contributed by atoms with Crippen molar-refractivity contribution in [3.8, 4) is 0 Å². The zero-order chi connectivity index (χ0) is 24.8. The SMILES string of the molecule is CC(=O)CC[C@H](CC(=O)c1ccc(CCC2CCC3=C(C(=O)C=C(N)C3)N2C=O)cc1)C(=O)O. The van der Waals surface area contributed by atoms with Gasteiger partial charge in [-0.25, -0.2) is 0 Å². The number of benzene rings is 1. The number of aliphatic carboxylic acids is 1. The minimum atomic E-state index is -1.08. The van der Waals surface area contributed by atoms with Crippen LogP contribution in [0, 0.1) is 5.92 Å². The van der Waals surface area contributed by atoms with Gasteiger partial charge in [0.2, 0.25) is 12.2 Å². The number of carbonyl (C=O) groups excluding carboxylic acids is 4. The average Bonchev–Trinajstić information content (AvgIpc) is 2.79. The first-order valence-electron chi connectivity index (χ1n) is 11.5. The van der Waals surface area contributed by atoms with Crippen LogP contribution in [0.1, 0.15) is 67.8 Å². The van der Waals surface area contributed by atoms with Crippen molar-refractivity contribution in [2.45, 2.75) is 64.3 Å². The molecule has 0 aromatic heterocycles. The molecule has 34 heavy (non-hydrogen) atoms. The first kappa shape index (κ1) is 25.1. The molecule has 0 saturated carbocycles. The third kappa shape index (κ3) is 6.07. The van der Waals surface area contributed by atoms with E-state index in [2.05, 4.69) is 0 Å². The fourth-order valence-electron chi connectivity index (χ4n) is 4.62. The van der Waals surface area contributed by atoms with Crippen LogP contribution in [-0.2, 0) is 25.6 Å². The van der Waals surface area contributed by atoms with E-state index in [-0.39, 0.29) is 42.7 Å². The Bertz CT molecular complexity index is 1050. The van der Waals surface area contributed by atoms with Crippen LogP contribution in [0.3, 0.4) is 0 Å². The smallest absolute Gasteiger partial charge is 0.306 e. The highest BCUT2D eigenvalue weighted by Crippen LogP contribution is 2.34. The number of aryl methyl sites for hydroxylation is 1. The molecule has 1 unspecified atom stereocenters. The van der Waals surface area contributed by atoms with Crippen LogP contribution in [0.2, 0.25) is 0 Å². The van der Waals surface area contributed by atoms with Gasteiger partial charge in [-0.15, -0.1) is 0 Å². The van der Waals surface area contributed by atoms with Crippen molar-refractivity contribution in [2.75, 3.05) is 0 Å². The van der Waals surface area contributed by atoms with E-state index in [1.807, 2.05) is 12.1 Å². The third-order valence-corrected chi connectivity index (χ3v) is 6.51. The highest BCUT2D eigenvalue weighted by Gasteiger charge is 2.33. The molecule has 3 rings (SSSR count). The summed E-state index contributed by atoms with van der Waals surface area (Å²) in [5.74, 6) is -2.56. The van der Waals surface area contributed by atoms with E-state index in [1.54, 1.807) is 12.1 Å². The number of rotatable bonds is 11. The second-order valence-electron chi connectivity index (χ2n) is 9.06. The Morgan fingerprint density at radius 3 is 2.56 bits per heavy atom. The van der Waals surface area contributed by atoms with Crippen LogP contribution < -0.4 is 5.73 Å². The lowest BCUT2D eigenvalue weighted by Crippen LogP contribution is -2.41. The summed E-state index contributed by atoms with van der Waals surface area (Å²) >= 11 is 0. The number of nitrogens with two attached hydrogens (primary N) is 1. The number of nitrogens with zero attached hydrogens (tertiary/aromatic N) is 1. The molecule has 2 aliphatic rings. The van der Waals surface area contributed by atoms with E-state index in [1.165, 1.54) is 17.9 Å². The second kappa shape index (κ2) is 11.0. The molecule has 1 aromatic carbocycles. The van der Waals surface area contributed by atoms with Crippen molar-refractivity contribution in [3.63, 3.8) is 0 Å². The molecule has 0 radical (unpaired) electrons. The lowest BCUT2D eigenvalue weighted by Gasteiger charge is -2.37. The van der Waals surface area contributed by atoms with Crippen LogP contribution >= 0.6 is 0 Å². The number of carboxylic acids is 1. The molecule has 0 bridgehead atoms. The number of carbonyl (C=O) groups is 5. The van der Waals surface area contributed by atoms with Gasteiger partial charge in [0, 0.05) is 42.6 Å². The van der Waals surface area contributed by atoms with Gasteiger partial charge >= 0.3 is 5.97 Å². The van der Waals surface area contributed by atoms with Crippen LogP contribution in [-0.4, -0.2) is 45.8 Å². The van der Waals surface area contributed by atoms with Crippen molar-refractivity contribution in [1.82, 2.24) is 4.90 Å². The molecule has 2 atom stereocenters. The topological polar surface area (TPSA) is 135 Å². The fraction of sp³-hybridized carbons (Fsp3) is 0.423. The lowest BCUT2D eigenvalue weighted by atomic mass is 9.86. The molecule has 1 aliphatic carbocycles. The van der Waals surface area contributed by atoms with E-state index >= 15 is 0 Å². The quantitative estimate of drug-likeness (QED) is 0.378. The van der Waals surface area contributed by atoms with Gasteiger partial charge in [0.25, 0.3) is 0 Å². The minimum absolute atomic E-state index is 0.0909. The highest BCUT2D eigenvalue weighted by molar-refractivity contribution is 6.07. The first-order valence-corrected chi connectivity index (χ1v) is 11.5. The number of amides is 1. The van der Waals surface area contributed by atoms with Gasteiger partial charge < -0.3 is 20.5 Å². The number of allylic oxidation sites excluding steroid dienone is 2. The van der Waals surface area contributed by atoms with Crippen LogP contribution in [0.15, 0.2) is 47.3 Å². The fourth-order valence-corrected chi connectivity index (χ4v) is 4.62. The van der Waals surface area contributed by atoms with Gasteiger partial charge in [-0.1, -0.05) is 24.3 Å². The van der Waals surface area contributed by atoms with Gasteiger partial charge in [0.05, 0.1) is 11.6 Å². The Morgan fingerprint density at radius 1 is 1.24 bits per heavy atom. The van der Waals surface area contributed by atoms with Crippen molar-refractivity contribution < 1.29 is 29.1 Å². The maximum absolute atomic E-state index is 12.5. The number of Topliss-reactive ketones (excluding diaryl/α,β-unsaturated/α-hetero) is 2. The van der Waals surface area contributed by atoms with Gasteiger partial charge in [-0.3, -0.25) is 19.2 Å². The van der Waals surface area contributed by atoms with E-state index in [0.717, 1.165) is 30.4 Å². The molecule has 1 aromatic rings. The molecule has 3 N–H and O–H groups in total. The second-order valence-corrected chi connectivity index (χ2v) is 9.06. The molecule has 180 valence electrons. The minimum Gasteiger partial charge on any atom is -0.481 e. The predicted octanol–water partition coefficient (Wildman–Crippen LogP) is 2.95. The summed E-state index contributed by atoms with van der Waals surface area (Å²) in [5.41, 5.74) is 9.13. The molecule has 0 saturated heterocycles. The largest absolute Gasteiger partial charge is 0.481 e. The Balaban J connectivity index is 1.59. The Labute approximate surface area is 198 Å². The first-order chi connectivity index (χ1) is 16.2. The van der Waals surface area contributed by atoms with Crippen molar-refractivity contribution >= 4 is 29.7 Å². The number of ketones is 3. The summed E-state index contributed by atoms with van der Waals surface area (Å²) < 4.78 is 0. The Morgan fingerprint density at radius 2 is 1.94 bits per heavy atom. The maximum atomic E-state index is 12.5. The van der Waals surface area contributed by atoms with Crippen LogP contribution in [0.5, 0.6) is 0 Å². The van der Waals surface area contributed by atoms with Gasteiger partial charge in [-0.05, 0) is 50.2 Å². The van der Waals surface area contributed by atoms with Crippen molar-refractivity contribution in [1.29, 1.82) is 0 Å². The average molecular weight is 467 g/mol. The molecule has 1 aliphatic heterocycles. The van der Waals surface area contributed by atoms with Crippen molar-refractivity contribution in [2.24, 2.45) is 11.7 Å². The summed E-state index contributed by atoms with van der Waals surface area (Å²) in [6, 6.07) is 6.92. The van der Waals surface area contributed by atoms with Crippen LogP contribution in [0.25, 0.3) is 0 Å². The molecule has 1 amide bonds.